The number of benzene rings is 1. The molecule has 1 aliphatic heterocycles. The van der Waals surface area contributed by atoms with E-state index in [0.717, 1.165) is 30.8 Å². The van der Waals surface area contributed by atoms with Gasteiger partial charge in [-0.25, -0.2) is 0 Å². The number of aliphatic hydroxyl groups is 1. The average Bonchev–Trinajstić information content (AvgIpc) is 2.30. The number of aliphatic hydroxyl groups excluding tert-OH is 1. The number of nitrogens with zero attached hydrogens (tertiary/aromatic N) is 1. The van der Waals surface area contributed by atoms with Gasteiger partial charge < -0.3 is 10.0 Å². The van der Waals surface area contributed by atoms with E-state index in [1.54, 1.807) is 0 Å². The Hall–Kier alpha value is -0.990. The third-order valence-corrected chi connectivity index (χ3v) is 3.22. The zero-order valence-electron chi connectivity index (χ0n) is 9.41. The predicted molar refractivity (Wildman–Crippen MR) is 68.0 cm³/mol. The summed E-state index contributed by atoms with van der Waals surface area (Å²) >= 11 is 5.92. The number of rotatable bonds is 2. The SMILES string of the molecule is CC1=CCN(c2ccc(Cl)cc2CO)CC1. The zero-order valence-corrected chi connectivity index (χ0v) is 10.2. The summed E-state index contributed by atoms with van der Waals surface area (Å²) in [6.45, 7) is 4.12. The van der Waals surface area contributed by atoms with Crippen molar-refractivity contribution in [3.63, 3.8) is 0 Å². The lowest BCUT2D eigenvalue weighted by atomic mass is 10.1. The maximum absolute atomic E-state index is 9.32. The molecule has 2 nitrogen and oxygen atoms in total. The molecule has 2 rings (SSSR count). The van der Waals surface area contributed by atoms with Crippen molar-refractivity contribution in [3.8, 4) is 0 Å². The molecule has 0 unspecified atom stereocenters. The van der Waals surface area contributed by atoms with Crippen molar-refractivity contribution in [2.75, 3.05) is 18.0 Å². The minimum atomic E-state index is 0.0368. The molecule has 1 aliphatic rings. The normalized spacial score (nSPS) is 16.2. The second-order valence-electron chi connectivity index (χ2n) is 4.18. The molecule has 0 aromatic heterocycles. The van der Waals surface area contributed by atoms with Gasteiger partial charge in [-0.05, 0) is 31.5 Å². The largest absolute Gasteiger partial charge is 0.392 e. The standard InChI is InChI=1S/C13H16ClNO/c1-10-4-6-15(7-5-10)13-3-2-12(14)8-11(13)9-16/h2-4,8,16H,5-7,9H2,1H3. The number of hydrogen-bond acceptors (Lipinski definition) is 2. The number of anilines is 1. The van der Waals surface area contributed by atoms with Gasteiger partial charge in [-0.15, -0.1) is 0 Å². The third kappa shape index (κ3) is 2.39. The van der Waals surface area contributed by atoms with Crippen LogP contribution in [0.25, 0.3) is 0 Å². The Kier molecular flexibility index (Phi) is 3.52. The first-order valence-corrected chi connectivity index (χ1v) is 5.88. The summed E-state index contributed by atoms with van der Waals surface area (Å²) in [5.74, 6) is 0. The van der Waals surface area contributed by atoms with Crippen molar-refractivity contribution < 1.29 is 5.11 Å². The van der Waals surface area contributed by atoms with E-state index >= 15 is 0 Å². The fourth-order valence-corrected chi connectivity index (χ4v) is 2.17. The topological polar surface area (TPSA) is 23.5 Å². The highest BCUT2D eigenvalue weighted by atomic mass is 35.5. The van der Waals surface area contributed by atoms with E-state index in [4.69, 9.17) is 11.6 Å². The third-order valence-electron chi connectivity index (χ3n) is 2.99. The Morgan fingerprint density at radius 1 is 1.44 bits per heavy atom. The molecule has 0 saturated carbocycles. The van der Waals surface area contributed by atoms with E-state index in [1.165, 1.54) is 5.57 Å². The molecule has 1 heterocycles. The molecule has 0 atom stereocenters. The molecule has 0 saturated heterocycles. The summed E-state index contributed by atoms with van der Waals surface area (Å²) in [5.41, 5.74) is 3.44. The molecule has 0 bridgehead atoms. The molecule has 1 N–H and O–H groups in total. The van der Waals surface area contributed by atoms with Gasteiger partial charge in [-0.1, -0.05) is 23.3 Å². The summed E-state index contributed by atoms with van der Waals surface area (Å²) in [4.78, 5) is 2.27. The lowest BCUT2D eigenvalue weighted by Gasteiger charge is -2.29. The van der Waals surface area contributed by atoms with Gasteiger partial charge in [0.2, 0.25) is 0 Å². The molecule has 0 fully saturated rings. The van der Waals surface area contributed by atoms with Gasteiger partial charge in [0.15, 0.2) is 0 Å². The second kappa shape index (κ2) is 4.89. The molecule has 1 aromatic rings. The maximum atomic E-state index is 9.32. The molecule has 1 aromatic carbocycles. The van der Waals surface area contributed by atoms with Gasteiger partial charge in [0.05, 0.1) is 6.61 Å². The van der Waals surface area contributed by atoms with E-state index in [0.29, 0.717) is 5.02 Å². The molecule has 16 heavy (non-hydrogen) atoms. The predicted octanol–water partition coefficient (Wildman–Crippen LogP) is 2.99. The van der Waals surface area contributed by atoms with Gasteiger partial charge in [0, 0.05) is 29.4 Å². The molecular formula is C13H16ClNO. The van der Waals surface area contributed by atoms with Crippen LogP contribution in [0.1, 0.15) is 18.9 Å². The quantitative estimate of drug-likeness (QED) is 0.800. The molecule has 3 heteroatoms. The van der Waals surface area contributed by atoms with Crippen molar-refractivity contribution in [1.29, 1.82) is 0 Å². The molecule has 0 radical (unpaired) electrons. The highest BCUT2D eigenvalue weighted by Crippen LogP contribution is 2.26. The van der Waals surface area contributed by atoms with Crippen LogP contribution in [0.3, 0.4) is 0 Å². The van der Waals surface area contributed by atoms with E-state index in [-0.39, 0.29) is 6.61 Å². The van der Waals surface area contributed by atoms with E-state index in [9.17, 15) is 5.11 Å². The van der Waals surface area contributed by atoms with Crippen LogP contribution in [0.5, 0.6) is 0 Å². The van der Waals surface area contributed by atoms with E-state index < -0.39 is 0 Å². The van der Waals surface area contributed by atoms with Gasteiger partial charge >= 0.3 is 0 Å². The van der Waals surface area contributed by atoms with Crippen molar-refractivity contribution in [3.05, 3.63) is 40.4 Å². The van der Waals surface area contributed by atoms with Gasteiger partial charge in [0.25, 0.3) is 0 Å². The first-order chi connectivity index (χ1) is 7.70. The molecule has 0 amide bonds. The van der Waals surface area contributed by atoms with Gasteiger partial charge in [-0.2, -0.15) is 0 Å². The highest BCUT2D eigenvalue weighted by Gasteiger charge is 2.13. The Morgan fingerprint density at radius 3 is 2.88 bits per heavy atom. The fourth-order valence-electron chi connectivity index (χ4n) is 1.98. The maximum Gasteiger partial charge on any atom is 0.0702 e. The fraction of sp³-hybridized carbons (Fsp3) is 0.385. The van der Waals surface area contributed by atoms with Crippen LogP contribution in [0.4, 0.5) is 5.69 Å². The molecule has 86 valence electrons. The summed E-state index contributed by atoms with van der Waals surface area (Å²) in [5, 5.41) is 10.0. The van der Waals surface area contributed by atoms with Crippen LogP contribution in [-0.2, 0) is 6.61 Å². The lowest BCUT2D eigenvalue weighted by Crippen LogP contribution is -2.29. The number of halogens is 1. The van der Waals surface area contributed by atoms with Crippen molar-refractivity contribution >= 4 is 17.3 Å². The van der Waals surface area contributed by atoms with Crippen LogP contribution in [0.15, 0.2) is 29.8 Å². The van der Waals surface area contributed by atoms with Crippen molar-refractivity contribution in [1.82, 2.24) is 0 Å². The molecule has 0 spiro atoms. The van der Waals surface area contributed by atoms with Crippen molar-refractivity contribution in [2.45, 2.75) is 20.0 Å². The zero-order chi connectivity index (χ0) is 11.5. The second-order valence-corrected chi connectivity index (χ2v) is 4.61. The Balaban J connectivity index is 2.27. The average molecular weight is 238 g/mol. The van der Waals surface area contributed by atoms with Crippen LogP contribution in [-0.4, -0.2) is 18.2 Å². The van der Waals surface area contributed by atoms with E-state index in [1.807, 2.05) is 18.2 Å². The summed E-state index contributed by atoms with van der Waals surface area (Å²) in [7, 11) is 0. The van der Waals surface area contributed by atoms with Crippen LogP contribution in [0.2, 0.25) is 5.02 Å². The van der Waals surface area contributed by atoms with Crippen LogP contribution in [0, 0.1) is 0 Å². The van der Waals surface area contributed by atoms with Gasteiger partial charge in [-0.3, -0.25) is 0 Å². The molecule has 0 aliphatic carbocycles. The highest BCUT2D eigenvalue weighted by molar-refractivity contribution is 6.30. The number of hydrogen-bond donors (Lipinski definition) is 1. The first-order valence-electron chi connectivity index (χ1n) is 5.50. The van der Waals surface area contributed by atoms with Crippen LogP contribution < -0.4 is 4.90 Å². The minimum absolute atomic E-state index is 0.0368. The first kappa shape index (κ1) is 11.5. The van der Waals surface area contributed by atoms with Crippen molar-refractivity contribution in [2.24, 2.45) is 0 Å². The van der Waals surface area contributed by atoms with Gasteiger partial charge in [0.1, 0.15) is 0 Å². The summed E-state index contributed by atoms with van der Waals surface area (Å²) in [6.07, 6.45) is 3.33. The Labute approximate surface area is 101 Å². The minimum Gasteiger partial charge on any atom is -0.392 e. The smallest absolute Gasteiger partial charge is 0.0702 e. The van der Waals surface area contributed by atoms with Crippen LogP contribution >= 0.6 is 11.6 Å². The Morgan fingerprint density at radius 2 is 2.25 bits per heavy atom. The summed E-state index contributed by atoms with van der Waals surface area (Å²) in [6, 6.07) is 5.70. The van der Waals surface area contributed by atoms with E-state index in [2.05, 4.69) is 17.9 Å². The Bertz CT molecular complexity index is 414. The lowest BCUT2D eigenvalue weighted by molar-refractivity contribution is 0.282. The summed E-state index contributed by atoms with van der Waals surface area (Å²) < 4.78 is 0. The molecular weight excluding hydrogens is 222 g/mol. The monoisotopic (exact) mass is 237 g/mol.